The van der Waals surface area contributed by atoms with Gasteiger partial charge in [-0.15, -0.1) is 0 Å². The molecular weight excluding hydrogens is 494 g/mol. The van der Waals surface area contributed by atoms with E-state index < -0.39 is 0 Å². The molecule has 6 nitrogen and oxygen atoms in total. The highest BCUT2D eigenvalue weighted by Gasteiger charge is 2.28. The molecule has 2 aliphatic heterocycles. The van der Waals surface area contributed by atoms with E-state index in [1.165, 1.54) is 17.4 Å². The second-order valence-electron chi connectivity index (χ2n) is 8.41. The van der Waals surface area contributed by atoms with Crippen molar-refractivity contribution in [2.75, 3.05) is 38.2 Å². The first-order valence-corrected chi connectivity index (χ1v) is 12.9. The number of benzene rings is 3. The highest BCUT2D eigenvalue weighted by Crippen LogP contribution is 2.34. The largest absolute Gasteiger partial charge is 0.493 e. The van der Waals surface area contributed by atoms with Crippen molar-refractivity contribution in [3.05, 3.63) is 93.9 Å². The van der Waals surface area contributed by atoms with Gasteiger partial charge < -0.3 is 19.3 Å². The van der Waals surface area contributed by atoms with Crippen molar-refractivity contribution in [3.8, 4) is 11.5 Å². The fourth-order valence-electron chi connectivity index (χ4n) is 4.14. The maximum atomic E-state index is 12.6. The van der Waals surface area contributed by atoms with E-state index in [9.17, 15) is 4.79 Å². The number of nitrogens with zero attached hydrogens (tertiary/aromatic N) is 3. The summed E-state index contributed by atoms with van der Waals surface area (Å²) in [6.45, 7) is 3.77. The second-order valence-corrected chi connectivity index (χ2v) is 9.83. The fourth-order valence-corrected chi connectivity index (χ4v) is 5.30. The van der Waals surface area contributed by atoms with Crippen LogP contribution in [0.4, 0.5) is 5.69 Å². The SMILES string of the molecule is COc1cc(C=C2SC(N3CCN(c4ccccc4)CC3)=NC2=O)ccc1OCc1ccccc1Cl. The number of rotatable bonds is 6. The Morgan fingerprint density at radius 2 is 1.67 bits per heavy atom. The summed E-state index contributed by atoms with van der Waals surface area (Å²) in [6, 6.07) is 23.6. The van der Waals surface area contributed by atoms with Crippen LogP contribution in [0.15, 0.2) is 82.7 Å². The van der Waals surface area contributed by atoms with Crippen LogP contribution >= 0.6 is 23.4 Å². The Morgan fingerprint density at radius 1 is 0.944 bits per heavy atom. The number of piperazine rings is 1. The lowest BCUT2D eigenvalue weighted by Crippen LogP contribution is -2.47. The molecule has 1 amide bonds. The molecule has 0 spiro atoms. The highest BCUT2D eigenvalue weighted by atomic mass is 35.5. The van der Waals surface area contributed by atoms with Gasteiger partial charge in [-0.05, 0) is 53.7 Å². The minimum absolute atomic E-state index is 0.210. The third kappa shape index (κ3) is 5.53. The molecule has 0 atom stereocenters. The van der Waals surface area contributed by atoms with Gasteiger partial charge in [0.2, 0.25) is 0 Å². The Hall–Kier alpha value is -3.42. The molecule has 3 aromatic rings. The minimum Gasteiger partial charge on any atom is -0.493 e. The van der Waals surface area contributed by atoms with Crippen molar-refractivity contribution in [2.45, 2.75) is 6.61 Å². The highest BCUT2D eigenvalue weighted by molar-refractivity contribution is 8.18. The molecule has 3 aromatic carbocycles. The summed E-state index contributed by atoms with van der Waals surface area (Å²) < 4.78 is 11.5. The molecule has 8 heteroatoms. The Kier molecular flexibility index (Phi) is 7.49. The maximum Gasteiger partial charge on any atom is 0.286 e. The summed E-state index contributed by atoms with van der Waals surface area (Å²) in [4.78, 5) is 22.1. The van der Waals surface area contributed by atoms with E-state index in [1.54, 1.807) is 7.11 Å². The number of hydrogen-bond donors (Lipinski definition) is 0. The van der Waals surface area contributed by atoms with Crippen LogP contribution in [0.25, 0.3) is 6.08 Å². The number of methoxy groups -OCH3 is 1. The monoisotopic (exact) mass is 519 g/mol. The second kappa shape index (κ2) is 11.1. The van der Waals surface area contributed by atoms with Gasteiger partial charge >= 0.3 is 0 Å². The zero-order valence-electron chi connectivity index (χ0n) is 19.9. The van der Waals surface area contributed by atoms with E-state index in [4.69, 9.17) is 21.1 Å². The van der Waals surface area contributed by atoms with Crippen LogP contribution in [0.1, 0.15) is 11.1 Å². The van der Waals surface area contributed by atoms with Gasteiger partial charge in [0, 0.05) is 42.5 Å². The number of carbonyl (C=O) groups excluding carboxylic acids is 1. The van der Waals surface area contributed by atoms with E-state index >= 15 is 0 Å². The Labute approximate surface area is 220 Å². The molecule has 5 rings (SSSR count). The standard InChI is InChI=1S/C28H26ClN3O3S/c1-34-25-17-20(11-12-24(25)35-19-21-7-5-6-10-23(21)29)18-26-27(33)30-28(36-26)32-15-13-31(14-16-32)22-8-3-2-4-9-22/h2-12,17-18H,13-16,19H2,1H3. The smallest absolute Gasteiger partial charge is 0.286 e. The van der Waals surface area contributed by atoms with Gasteiger partial charge in [0.1, 0.15) is 6.61 Å². The minimum atomic E-state index is -0.210. The summed E-state index contributed by atoms with van der Waals surface area (Å²) in [5, 5.41) is 1.43. The molecule has 184 valence electrons. The lowest BCUT2D eigenvalue weighted by atomic mass is 10.2. The van der Waals surface area contributed by atoms with Gasteiger partial charge in [-0.2, -0.15) is 4.99 Å². The fraction of sp³-hybridized carbons (Fsp3) is 0.214. The van der Waals surface area contributed by atoms with Gasteiger partial charge in [0.05, 0.1) is 12.0 Å². The summed E-state index contributed by atoms with van der Waals surface area (Å²) in [5.41, 5.74) is 2.97. The van der Waals surface area contributed by atoms with Gasteiger partial charge in [0.25, 0.3) is 5.91 Å². The lowest BCUT2D eigenvalue weighted by Gasteiger charge is -2.36. The molecule has 0 aromatic heterocycles. The van der Waals surface area contributed by atoms with E-state index in [1.807, 2.05) is 54.6 Å². The Balaban J connectivity index is 1.22. The normalized spacial score (nSPS) is 16.9. The zero-order valence-corrected chi connectivity index (χ0v) is 21.5. The molecule has 2 heterocycles. The van der Waals surface area contributed by atoms with Gasteiger partial charge in [-0.1, -0.05) is 54.1 Å². The van der Waals surface area contributed by atoms with Crippen molar-refractivity contribution < 1.29 is 14.3 Å². The predicted molar refractivity (Wildman–Crippen MR) is 147 cm³/mol. The number of aliphatic imine (C=N–C) groups is 1. The van der Waals surface area contributed by atoms with Crippen LogP contribution in [-0.2, 0) is 11.4 Å². The molecule has 0 radical (unpaired) electrons. The van der Waals surface area contributed by atoms with Crippen LogP contribution in [0.2, 0.25) is 5.02 Å². The predicted octanol–water partition coefficient (Wildman–Crippen LogP) is 5.72. The number of thioether (sulfide) groups is 1. The van der Waals surface area contributed by atoms with Crippen molar-refractivity contribution in [2.24, 2.45) is 4.99 Å². The molecule has 0 saturated carbocycles. The summed E-state index contributed by atoms with van der Waals surface area (Å²) in [7, 11) is 1.60. The van der Waals surface area contributed by atoms with Gasteiger partial charge in [-0.25, -0.2) is 0 Å². The van der Waals surface area contributed by atoms with Gasteiger partial charge in [0.15, 0.2) is 16.7 Å². The third-order valence-electron chi connectivity index (χ3n) is 6.11. The molecule has 0 bridgehead atoms. The molecule has 1 saturated heterocycles. The number of hydrogen-bond acceptors (Lipinski definition) is 6. The number of amidine groups is 1. The van der Waals surface area contributed by atoms with E-state index in [-0.39, 0.29) is 5.91 Å². The van der Waals surface area contributed by atoms with Crippen LogP contribution in [0.3, 0.4) is 0 Å². The number of carbonyl (C=O) groups is 1. The first-order chi connectivity index (χ1) is 17.6. The van der Waals surface area contributed by atoms with E-state index in [0.717, 1.165) is 42.5 Å². The molecule has 2 aliphatic rings. The maximum absolute atomic E-state index is 12.6. The molecular formula is C28H26ClN3O3S. The van der Waals surface area contributed by atoms with Crippen molar-refractivity contribution in [3.63, 3.8) is 0 Å². The van der Waals surface area contributed by atoms with Crippen LogP contribution in [0, 0.1) is 0 Å². The number of halogens is 1. The van der Waals surface area contributed by atoms with Crippen LogP contribution in [-0.4, -0.2) is 49.3 Å². The van der Waals surface area contributed by atoms with E-state index in [0.29, 0.717) is 28.0 Å². The summed E-state index contributed by atoms with van der Waals surface area (Å²) in [5.74, 6) is 0.988. The Bertz CT molecular complexity index is 1300. The van der Waals surface area contributed by atoms with E-state index in [2.05, 4.69) is 39.1 Å². The van der Waals surface area contributed by atoms with Crippen molar-refractivity contribution in [1.82, 2.24) is 4.90 Å². The molecule has 36 heavy (non-hydrogen) atoms. The summed E-state index contributed by atoms with van der Waals surface area (Å²) in [6.07, 6.45) is 1.85. The first kappa shape index (κ1) is 24.3. The average Bonchev–Trinajstić information content (AvgIpc) is 3.29. The van der Waals surface area contributed by atoms with Crippen LogP contribution in [0.5, 0.6) is 11.5 Å². The molecule has 1 fully saturated rings. The zero-order chi connectivity index (χ0) is 24.9. The first-order valence-electron chi connectivity index (χ1n) is 11.7. The van der Waals surface area contributed by atoms with Gasteiger partial charge in [-0.3, -0.25) is 4.79 Å². The Morgan fingerprint density at radius 3 is 2.42 bits per heavy atom. The average molecular weight is 520 g/mol. The molecule has 0 unspecified atom stereocenters. The molecule has 0 N–H and O–H groups in total. The molecule has 0 aliphatic carbocycles. The number of para-hydroxylation sites is 1. The van der Waals surface area contributed by atoms with Crippen molar-refractivity contribution >= 4 is 46.2 Å². The quantitative estimate of drug-likeness (QED) is 0.388. The number of anilines is 1. The number of ether oxygens (including phenoxy) is 2. The van der Waals surface area contributed by atoms with Crippen LogP contribution < -0.4 is 14.4 Å². The lowest BCUT2D eigenvalue weighted by molar-refractivity contribution is -0.113. The summed E-state index contributed by atoms with van der Waals surface area (Å²) >= 11 is 7.66. The topological polar surface area (TPSA) is 54.4 Å². The number of amides is 1. The van der Waals surface area contributed by atoms with Crippen molar-refractivity contribution in [1.29, 1.82) is 0 Å². The third-order valence-corrected chi connectivity index (χ3v) is 7.52.